The van der Waals surface area contributed by atoms with Crippen molar-refractivity contribution in [2.24, 2.45) is 5.92 Å². The van der Waals surface area contributed by atoms with E-state index in [9.17, 15) is 19.2 Å². The first-order chi connectivity index (χ1) is 21.7. The lowest BCUT2D eigenvalue weighted by molar-refractivity contribution is -0.135. The topological polar surface area (TPSA) is 135 Å². The number of ether oxygens (including phenoxy) is 1. The van der Waals surface area contributed by atoms with Crippen LogP contribution in [0.2, 0.25) is 0 Å². The SMILES string of the molecule is CC1CCN(C(=O)C(c2ccccc2)n2cnc(NC(=O)C(Cc3ccccc3)NC(=O)C(C)(C)NC(=O)OC(C)(C)C)c2)CC1. The first kappa shape index (κ1) is 34.2. The molecule has 2 heterocycles. The van der Waals surface area contributed by atoms with E-state index in [4.69, 9.17) is 4.74 Å². The number of hydrogen-bond acceptors (Lipinski definition) is 6. The number of likely N-dealkylation sites (tertiary alicyclic amines) is 1. The summed E-state index contributed by atoms with van der Waals surface area (Å²) in [7, 11) is 0. The van der Waals surface area contributed by atoms with Crippen molar-refractivity contribution in [2.45, 2.75) is 84.0 Å². The Kier molecular flexibility index (Phi) is 10.9. The maximum absolute atomic E-state index is 13.8. The van der Waals surface area contributed by atoms with Gasteiger partial charge in [-0.1, -0.05) is 67.6 Å². The number of carbonyl (C=O) groups excluding carboxylic acids is 4. The predicted molar refractivity (Wildman–Crippen MR) is 176 cm³/mol. The van der Waals surface area contributed by atoms with E-state index in [1.165, 1.54) is 20.2 Å². The predicted octanol–water partition coefficient (Wildman–Crippen LogP) is 4.70. The minimum absolute atomic E-state index is 0.0256. The van der Waals surface area contributed by atoms with Crippen LogP contribution in [0.3, 0.4) is 0 Å². The molecule has 1 aromatic heterocycles. The number of amides is 4. The quantitative estimate of drug-likeness (QED) is 0.297. The number of hydrogen-bond donors (Lipinski definition) is 3. The maximum atomic E-state index is 13.8. The molecule has 0 radical (unpaired) electrons. The van der Waals surface area contributed by atoms with Gasteiger partial charge >= 0.3 is 6.09 Å². The highest BCUT2D eigenvalue weighted by Crippen LogP contribution is 2.26. The first-order valence-electron chi connectivity index (χ1n) is 15.8. The van der Waals surface area contributed by atoms with Gasteiger partial charge in [-0.3, -0.25) is 14.4 Å². The van der Waals surface area contributed by atoms with E-state index < -0.39 is 41.1 Å². The van der Waals surface area contributed by atoms with Gasteiger partial charge in [0.15, 0.2) is 5.82 Å². The molecule has 2 aromatic carbocycles. The normalized spacial score (nSPS) is 15.4. The Morgan fingerprint density at radius 3 is 2.15 bits per heavy atom. The number of carbonyl (C=O) groups is 4. The van der Waals surface area contributed by atoms with Crippen LogP contribution in [-0.4, -0.2) is 68.5 Å². The fraction of sp³-hybridized carbons (Fsp3) is 0.457. The van der Waals surface area contributed by atoms with E-state index in [0.29, 0.717) is 19.0 Å². The molecule has 246 valence electrons. The fourth-order valence-electron chi connectivity index (χ4n) is 5.25. The summed E-state index contributed by atoms with van der Waals surface area (Å²) < 4.78 is 7.03. The van der Waals surface area contributed by atoms with Crippen LogP contribution in [0, 0.1) is 5.92 Å². The van der Waals surface area contributed by atoms with Crippen molar-refractivity contribution in [3.63, 3.8) is 0 Å². The molecule has 1 aliphatic rings. The third-order valence-corrected chi connectivity index (χ3v) is 7.88. The molecule has 1 fully saturated rings. The van der Waals surface area contributed by atoms with Crippen molar-refractivity contribution in [3.8, 4) is 0 Å². The second kappa shape index (κ2) is 14.6. The average molecular weight is 631 g/mol. The monoisotopic (exact) mass is 630 g/mol. The number of rotatable bonds is 10. The number of piperidine rings is 1. The summed E-state index contributed by atoms with van der Waals surface area (Å²) in [5, 5.41) is 8.20. The Morgan fingerprint density at radius 1 is 0.935 bits per heavy atom. The molecular formula is C35H46N6O5. The van der Waals surface area contributed by atoms with E-state index in [0.717, 1.165) is 24.0 Å². The molecule has 4 amide bonds. The molecule has 1 saturated heterocycles. The Balaban J connectivity index is 1.53. The van der Waals surface area contributed by atoms with Gasteiger partial charge in [-0.25, -0.2) is 9.78 Å². The molecule has 3 aromatic rings. The van der Waals surface area contributed by atoms with Crippen LogP contribution in [0.1, 0.15) is 71.6 Å². The number of nitrogens with one attached hydrogen (secondary N) is 3. The van der Waals surface area contributed by atoms with Crippen molar-refractivity contribution >= 4 is 29.6 Å². The van der Waals surface area contributed by atoms with Gasteiger partial charge in [-0.05, 0) is 64.5 Å². The molecule has 11 nitrogen and oxygen atoms in total. The van der Waals surface area contributed by atoms with Gasteiger partial charge in [0.1, 0.15) is 23.2 Å². The largest absolute Gasteiger partial charge is 0.444 e. The van der Waals surface area contributed by atoms with Crippen molar-refractivity contribution < 1.29 is 23.9 Å². The van der Waals surface area contributed by atoms with E-state index in [2.05, 4.69) is 27.9 Å². The zero-order valence-electron chi connectivity index (χ0n) is 27.6. The molecule has 2 unspecified atom stereocenters. The van der Waals surface area contributed by atoms with Gasteiger partial charge in [0.2, 0.25) is 17.7 Å². The Hall–Kier alpha value is -4.67. The highest BCUT2D eigenvalue weighted by atomic mass is 16.6. The number of alkyl carbamates (subject to hydrolysis) is 1. The van der Waals surface area contributed by atoms with Crippen LogP contribution in [0.25, 0.3) is 0 Å². The van der Waals surface area contributed by atoms with Gasteiger partial charge in [0.05, 0.1) is 6.33 Å². The number of anilines is 1. The lowest BCUT2D eigenvalue weighted by Gasteiger charge is -2.33. The Morgan fingerprint density at radius 2 is 1.54 bits per heavy atom. The molecule has 4 rings (SSSR count). The lowest BCUT2D eigenvalue weighted by Crippen LogP contribution is -2.59. The summed E-state index contributed by atoms with van der Waals surface area (Å²) in [5.41, 5.74) is -0.478. The highest BCUT2D eigenvalue weighted by molar-refractivity contribution is 5.98. The number of benzene rings is 2. The lowest BCUT2D eigenvalue weighted by atomic mass is 9.97. The van der Waals surface area contributed by atoms with Gasteiger partial charge in [-0.15, -0.1) is 0 Å². The highest BCUT2D eigenvalue weighted by Gasteiger charge is 2.35. The second-order valence-corrected chi connectivity index (χ2v) is 13.5. The van der Waals surface area contributed by atoms with Gasteiger partial charge in [0.25, 0.3) is 0 Å². The van der Waals surface area contributed by atoms with E-state index in [1.807, 2.05) is 65.6 Å². The molecular weight excluding hydrogens is 584 g/mol. The van der Waals surface area contributed by atoms with E-state index >= 15 is 0 Å². The smallest absolute Gasteiger partial charge is 0.408 e. The molecule has 2 atom stereocenters. The van der Waals surface area contributed by atoms with Crippen LogP contribution >= 0.6 is 0 Å². The van der Waals surface area contributed by atoms with Crippen LogP contribution < -0.4 is 16.0 Å². The van der Waals surface area contributed by atoms with Gasteiger partial charge < -0.3 is 30.2 Å². The maximum Gasteiger partial charge on any atom is 0.408 e. The minimum atomic E-state index is -1.38. The average Bonchev–Trinajstić information content (AvgIpc) is 3.44. The summed E-state index contributed by atoms with van der Waals surface area (Å²) in [5.74, 6) is -0.266. The Bertz CT molecular complexity index is 1490. The molecule has 0 saturated carbocycles. The molecule has 0 bridgehead atoms. The number of nitrogens with zero attached hydrogens (tertiary/aromatic N) is 3. The summed E-state index contributed by atoms with van der Waals surface area (Å²) in [6.45, 7) is 11.9. The van der Waals surface area contributed by atoms with Crippen LogP contribution in [0.4, 0.5) is 10.6 Å². The molecule has 0 spiro atoms. The van der Waals surface area contributed by atoms with Crippen LogP contribution in [0.15, 0.2) is 73.2 Å². The van der Waals surface area contributed by atoms with Crippen LogP contribution in [-0.2, 0) is 25.5 Å². The minimum Gasteiger partial charge on any atom is -0.444 e. The third-order valence-electron chi connectivity index (χ3n) is 7.88. The number of aromatic nitrogens is 2. The standard InChI is InChI=1S/C35H46N6O5/c1-24-17-19-40(20-18-24)31(43)29(26-15-11-8-12-16-26)41-22-28(36-23-41)38-30(42)27(21-25-13-9-7-10-14-25)37-32(44)35(5,6)39-33(45)46-34(2,3)4/h7-16,22-24,27,29H,17-21H2,1-6H3,(H,37,44)(H,38,42)(H,39,45). The molecule has 1 aliphatic heterocycles. The van der Waals surface area contributed by atoms with Crippen molar-refractivity contribution in [1.82, 2.24) is 25.1 Å². The zero-order valence-corrected chi connectivity index (χ0v) is 27.6. The molecule has 46 heavy (non-hydrogen) atoms. The van der Waals surface area contributed by atoms with Crippen LogP contribution in [0.5, 0.6) is 0 Å². The molecule has 0 aliphatic carbocycles. The second-order valence-electron chi connectivity index (χ2n) is 13.5. The summed E-state index contributed by atoms with van der Waals surface area (Å²) in [6, 6.07) is 17.2. The summed E-state index contributed by atoms with van der Waals surface area (Å²) in [6.07, 6.45) is 4.53. The molecule has 3 N–H and O–H groups in total. The first-order valence-corrected chi connectivity index (χ1v) is 15.8. The van der Waals surface area contributed by atoms with Crippen molar-refractivity contribution in [3.05, 3.63) is 84.3 Å². The summed E-state index contributed by atoms with van der Waals surface area (Å²) in [4.78, 5) is 59.6. The third kappa shape index (κ3) is 9.42. The van der Waals surface area contributed by atoms with Crippen molar-refractivity contribution in [1.29, 1.82) is 0 Å². The Labute approximate surface area is 271 Å². The summed E-state index contributed by atoms with van der Waals surface area (Å²) >= 11 is 0. The zero-order chi connectivity index (χ0) is 33.5. The number of imidazole rings is 1. The van der Waals surface area contributed by atoms with Crippen molar-refractivity contribution in [2.75, 3.05) is 18.4 Å². The van der Waals surface area contributed by atoms with Gasteiger partial charge in [0, 0.05) is 25.7 Å². The van der Waals surface area contributed by atoms with E-state index in [-0.39, 0.29) is 18.1 Å². The van der Waals surface area contributed by atoms with Gasteiger partial charge in [-0.2, -0.15) is 0 Å². The van der Waals surface area contributed by atoms with E-state index in [1.54, 1.807) is 31.5 Å². The fourth-order valence-corrected chi connectivity index (χ4v) is 5.25. The molecule has 11 heteroatoms.